The Bertz CT molecular complexity index is 1510. The van der Waals surface area contributed by atoms with Gasteiger partial charge >= 0.3 is 12.1 Å². The summed E-state index contributed by atoms with van der Waals surface area (Å²) in [6.45, 7) is 2.22. The molecule has 0 unspecified atom stereocenters. The maximum absolute atomic E-state index is 13.2. The zero-order valence-electron chi connectivity index (χ0n) is 21.8. The predicted molar refractivity (Wildman–Crippen MR) is 143 cm³/mol. The molecule has 1 fully saturated rings. The lowest BCUT2D eigenvalue weighted by molar-refractivity contribution is -0.137. The van der Waals surface area contributed by atoms with E-state index in [4.69, 9.17) is 4.98 Å². The number of benzene rings is 2. The van der Waals surface area contributed by atoms with Gasteiger partial charge in [0.1, 0.15) is 11.3 Å². The molecule has 2 N–H and O–H groups in total. The third kappa shape index (κ3) is 5.39. The number of anilines is 2. The Morgan fingerprint density at radius 2 is 1.85 bits per heavy atom. The van der Waals surface area contributed by atoms with E-state index in [1.807, 2.05) is 54.8 Å². The zero-order valence-corrected chi connectivity index (χ0v) is 21.8. The van der Waals surface area contributed by atoms with Crippen LogP contribution in [0.3, 0.4) is 0 Å². The highest BCUT2D eigenvalue weighted by Crippen LogP contribution is 2.35. The number of carboxylic acid groups (broad SMARTS) is 1. The quantitative estimate of drug-likeness (QED) is 0.287. The fourth-order valence-electron chi connectivity index (χ4n) is 4.78. The minimum absolute atomic E-state index is 0.0356. The Morgan fingerprint density at radius 1 is 1.13 bits per heavy atom. The van der Waals surface area contributed by atoms with E-state index < -0.39 is 17.7 Å². The first kappa shape index (κ1) is 26.5. The highest BCUT2D eigenvalue weighted by Gasteiger charge is 2.30. The number of fused-ring (bicyclic) bond motifs is 1. The van der Waals surface area contributed by atoms with Crippen LogP contribution in [-0.2, 0) is 12.7 Å². The molecule has 0 saturated heterocycles. The van der Waals surface area contributed by atoms with E-state index in [1.165, 1.54) is 12.1 Å². The average molecular weight is 539 g/mol. The summed E-state index contributed by atoms with van der Waals surface area (Å²) < 4.78 is 41.4. The average Bonchev–Trinajstić information content (AvgIpc) is 3.21. The lowest BCUT2D eigenvalue weighted by Gasteiger charge is -2.32. The summed E-state index contributed by atoms with van der Waals surface area (Å²) in [4.78, 5) is 27.1. The van der Waals surface area contributed by atoms with Gasteiger partial charge in [-0.25, -0.2) is 19.7 Å². The second-order valence-corrected chi connectivity index (χ2v) is 10.2. The lowest BCUT2D eigenvalue weighted by Crippen LogP contribution is -2.31. The van der Waals surface area contributed by atoms with Gasteiger partial charge in [-0.15, -0.1) is 0 Å². The predicted octanol–water partition coefficient (Wildman–Crippen LogP) is 5.93. The molecule has 4 aromatic rings. The van der Waals surface area contributed by atoms with Gasteiger partial charge in [0.25, 0.3) is 0 Å². The number of halogens is 3. The fourth-order valence-corrected chi connectivity index (χ4v) is 4.78. The smallest absolute Gasteiger partial charge is 0.416 e. The number of carbonyl (C=O) groups is 1. The van der Waals surface area contributed by atoms with Crippen molar-refractivity contribution in [3.63, 3.8) is 0 Å². The summed E-state index contributed by atoms with van der Waals surface area (Å²) >= 11 is 0. The minimum atomic E-state index is -4.44. The Hall–Kier alpha value is -4.15. The van der Waals surface area contributed by atoms with Gasteiger partial charge in [-0.2, -0.15) is 13.2 Å². The number of aromatic carboxylic acids is 1. The number of nitrogens with one attached hydrogen (secondary N) is 1. The molecule has 2 heterocycles. The molecule has 11 heteroatoms. The largest absolute Gasteiger partial charge is 0.475 e. The van der Waals surface area contributed by atoms with E-state index >= 15 is 0 Å². The number of aromatic nitrogens is 4. The molecule has 1 aliphatic carbocycles. The maximum atomic E-state index is 13.2. The van der Waals surface area contributed by atoms with E-state index in [0.717, 1.165) is 42.6 Å². The third-order valence-electron chi connectivity index (χ3n) is 7.26. The molecule has 0 amide bonds. The van der Waals surface area contributed by atoms with Crippen LogP contribution in [0, 0.1) is 5.92 Å². The first-order valence-electron chi connectivity index (χ1n) is 12.7. The van der Waals surface area contributed by atoms with E-state index in [9.17, 15) is 23.1 Å². The Morgan fingerprint density at radius 3 is 2.44 bits per heavy atom. The van der Waals surface area contributed by atoms with Crippen molar-refractivity contribution in [2.45, 2.75) is 44.9 Å². The number of hydrogen-bond acceptors (Lipinski definition) is 6. The van der Waals surface area contributed by atoms with Crippen LogP contribution in [0.4, 0.5) is 24.7 Å². The molecule has 39 heavy (non-hydrogen) atoms. The minimum Gasteiger partial charge on any atom is -0.475 e. The molecule has 0 radical (unpaired) electrons. The van der Waals surface area contributed by atoms with Crippen LogP contribution >= 0.6 is 0 Å². The summed E-state index contributed by atoms with van der Waals surface area (Å²) in [6, 6.07) is 12.7. The number of imidazole rings is 1. The van der Waals surface area contributed by atoms with Crippen molar-refractivity contribution in [3.05, 3.63) is 65.5 Å². The van der Waals surface area contributed by atoms with Gasteiger partial charge in [-0.05, 0) is 55.5 Å². The second kappa shape index (κ2) is 10.2. The summed E-state index contributed by atoms with van der Waals surface area (Å²) in [7, 11) is 3.83. The van der Waals surface area contributed by atoms with Crippen LogP contribution in [-0.4, -0.2) is 50.7 Å². The van der Waals surface area contributed by atoms with Crippen molar-refractivity contribution in [2.24, 2.45) is 5.92 Å². The first-order chi connectivity index (χ1) is 18.5. The highest BCUT2D eigenvalue weighted by molar-refractivity contribution is 5.92. The van der Waals surface area contributed by atoms with Crippen LogP contribution in [0.1, 0.15) is 47.9 Å². The SMILES string of the molecule is C[C@@H](Nc1nc(C(=O)O)nc2nc(-c3cccc(N(C)C)c3)n(Cc3ccc(C(F)(F)F)cc3)c12)C1CCC1. The van der Waals surface area contributed by atoms with Crippen molar-refractivity contribution in [2.75, 3.05) is 24.3 Å². The fraction of sp³-hybridized carbons (Fsp3) is 0.357. The Labute approximate surface area is 223 Å². The molecule has 1 aliphatic rings. The molecule has 2 aromatic heterocycles. The number of alkyl halides is 3. The van der Waals surface area contributed by atoms with Gasteiger partial charge in [0.15, 0.2) is 11.5 Å². The molecule has 0 aliphatic heterocycles. The van der Waals surface area contributed by atoms with Gasteiger partial charge in [0.05, 0.1) is 5.56 Å². The van der Waals surface area contributed by atoms with Crippen LogP contribution in [0.2, 0.25) is 0 Å². The van der Waals surface area contributed by atoms with E-state index in [1.54, 1.807) is 0 Å². The third-order valence-corrected chi connectivity index (χ3v) is 7.26. The Balaban J connectivity index is 1.69. The number of hydrogen-bond donors (Lipinski definition) is 2. The lowest BCUT2D eigenvalue weighted by atomic mass is 9.80. The maximum Gasteiger partial charge on any atom is 0.416 e. The van der Waals surface area contributed by atoms with Gasteiger partial charge in [-0.3, -0.25) is 0 Å². The van der Waals surface area contributed by atoms with Crippen LogP contribution in [0.25, 0.3) is 22.6 Å². The summed E-state index contributed by atoms with van der Waals surface area (Å²) in [6.07, 6.45) is -1.15. The first-order valence-corrected chi connectivity index (χ1v) is 12.7. The molecule has 204 valence electrons. The molecule has 1 saturated carbocycles. The van der Waals surface area contributed by atoms with Gasteiger partial charge in [0, 0.05) is 37.9 Å². The van der Waals surface area contributed by atoms with E-state index in [-0.39, 0.29) is 24.1 Å². The zero-order chi connectivity index (χ0) is 27.9. The van der Waals surface area contributed by atoms with Gasteiger partial charge < -0.3 is 19.9 Å². The van der Waals surface area contributed by atoms with Crippen LogP contribution in [0.15, 0.2) is 48.5 Å². The van der Waals surface area contributed by atoms with E-state index in [2.05, 4.69) is 15.3 Å². The van der Waals surface area contributed by atoms with Crippen LogP contribution < -0.4 is 10.2 Å². The number of carboxylic acids is 1. The normalized spacial score (nSPS) is 14.7. The summed E-state index contributed by atoms with van der Waals surface area (Å²) in [5.74, 6) is -0.370. The second-order valence-electron chi connectivity index (χ2n) is 10.2. The molecule has 8 nitrogen and oxygen atoms in total. The van der Waals surface area contributed by atoms with Crippen molar-refractivity contribution in [1.29, 1.82) is 0 Å². The topological polar surface area (TPSA) is 96.2 Å². The van der Waals surface area contributed by atoms with Crippen molar-refractivity contribution >= 4 is 28.6 Å². The standard InChI is InChI=1S/C28H29F3N6O2/c1-16(18-6-4-7-18)32-23-22-24(34-25(33-23)27(38)39)35-26(19-8-5-9-21(14-19)36(2)3)37(22)15-17-10-12-20(13-11-17)28(29,30)31/h5,8-14,16,18H,4,6-7,15H2,1-3H3,(H,38,39)(H,32,33,34)/t16-/m1/s1. The molecular weight excluding hydrogens is 509 g/mol. The van der Waals surface area contributed by atoms with Gasteiger partial charge in [-0.1, -0.05) is 30.7 Å². The summed E-state index contributed by atoms with van der Waals surface area (Å²) in [5, 5.41) is 13.1. The number of rotatable bonds is 8. The molecule has 0 bridgehead atoms. The molecular formula is C28H29F3N6O2. The monoisotopic (exact) mass is 538 g/mol. The van der Waals surface area contributed by atoms with Crippen molar-refractivity contribution in [1.82, 2.24) is 19.5 Å². The van der Waals surface area contributed by atoms with Crippen molar-refractivity contribution < 1.29 is 23.1 Å². The Kier molecular flexibility index (Phi) is 6.92. The molecule has 0 spiro atoms. The molecule has 1 atom stereocenters. The molecule has 5 rings (SSSR count). The summed E-state index contributed by atoms with van der Waals surface area (Å²) in [5.41, 5.74) is 2.26. The van der Waals surface area contributed by atoms with Gasteiger partial charge in [0.2, 0.25) is 5.82 Å². The number of nitrogens with zero attached hydrogens (tertiary/aromatic N) is 5. The van der Waals surface area contributed by atoms with Crippen molar-refractivity contribution in [3.8, 4) is 11.4 Å². The van der Waals surface area contributed by atoms with E-state index in [0.29, 0.717) is 28.6 Å². The van der Waals surface area contributed by atoms with Crippen LogP contribution in [0.5, 0.6) is 0 Å². The highest BCUT2D eigenvalue weighted by atomic mass is 19.4. The molecule has 2 aromatic carbocycles.